The average molecular weight is 306 g/mol. The smallest absolute Gasteiger partial charge is 0.265 e. The van der Waals surface area contributed by atoms with Crippen LogP contribution in [0.5, 0.6) is 0 Å². The maximum absolute atomic E-state index is 12.2. The molecule has 2 rings (SSSR count). The van der Waals surface area contributed by atoms with Gasteiger partial charge in [0, 0.05) is 27.2 Å². The van der Waals surface area contributed by atoms with Crippen LogP contribution in [0.25, 0.3) is 0 Å². The molecule has 0 saturated carbocycles. The zero-order chi connectivity index (χ0) is 15.6. The van der Waals surface area contributed by atoms with Gasteiger partial charge >= 0.3 is 0 Å². The molecular weight excluding hydrogens is 284 g/mol. The second-order valence-corrected chi connectivity index (χ2v) is 6.86. The molecule has 1 saturated heterocycles. The third-order valence-electron chi connectivity index (χ3n) is 3.94. The van der Waals surface area contributed by atoms with Gasteiger partial charge in [0.15, 0.2) is 0 Å². The summed E-state index contributed by atoms with van der Waals surface area (Å²) in [6.45, 7) is 4.11. The predicted molar refractivity (Wildman–Crippen MR) is 86.7 cm³/mol. The molecule has 5 nitrogen and oxygen atoms in total. The molecular formula is C15H22N4OS. The minimum atomic E-state index is -0.136. The number of nitrogen functional groups attached to an aromatic ring is 1. The lowest BCUT2D eigenvalue weighted by Crippen LogP contribution is -2.24. The maximum Gasteiger partial charge on any atom is 0.265 e. The van der Waals surface area contributed by atoms with E-state index in [9.17, 15) is 10.1 Å². The van der Waals surface area contributed by atoms with Crippen LogP contribution in [0, 0.1) is 17.2 Å². The standard InChI is InChI=1S/C15H22N4OS/c1-10-5-4-7-19(8-6-10)15-11(9-16)12(17)13(21-15)14(20)18(2)3/h10H,4-8,17H2,1-3H3. The van der Waals surface area contributed by atoms with E-state index in [2.05, 4.69) is 17.9 Å². The number of amides is 1. The van der Waals surface area contributed by atoms with Gasteiger partial charge < -0.3 is 15.5 Å². The first-order valence-corrected chi connectivity index (χ1v) is 8.06. The summed E-state index contributed by atoms with van der Waals surface area (Å²) in [5.74, 6) is 0.573. The van der Waals surface area contributed by atoms with E-state index < -0.39 is 0 Å². The number of nitrogens with zero attached hydrogens (tertiary/aromatic N) is 3. The summed E-state index contributed by atoms with van der Waals surface area (Å²) in [7, 11) is 3.39. The third-order valence-corrected chi connectivity index (χ3v) is 5.20. The first-order chi connectivity index (χ1) is 9.95. The van der Waals surface area contributed by atoms with Crippen molar-refractivity contribution in [2.75, 3.05) is 37.8 Å². The van der Waals surface area contributed by atoms with Crippen LogP contribution in [-0.4, -0.2) is 38.0 Å². The van der Waals surface area contributed by atoms with E-state index >= 15 is 0 Å². The largest absolute Gasteiger partial charge is 0.396 e. The molecule has 1 aromatic rings. The lowest BCUT2D eigenvalue weighted by atomic mass is 10.0. The Kier molecular flexibility index (Phi) is 4.73. The number of carbonyl (C=O) groups excluding carboxylic acids is 1. The van der Waals surface area contributed by atoms with Gasteiger partial charge in [-0.05, 0) is 25.2 Å². The van der Waals surface area contributed by atoms with E-state index in [1.165, 1.54) is 22.7 Å². The SMILES string of the molecule is CC1CCCN(c2sc(C(=O)N(C)C)c(N)c2C#N)CC1. The lowest BCUT2D eigenvalue weighted by Gasteiger charge is -2.21. The van der Waals surface area contributed by atoms with Gasteiger partial charge in [0.1, 0.15) is 21.5 Å². The Bertz CT molecular complexity index is 573. The Morgan fingerprint density at radius 2 is 2.14 bits per heavy atom. The number of hydrogen-bond acceptors (Lipinski definition) is 5. The molecule has 0 spiro atoms. The predicted octanol–water partition coefficient (Wildman–Crippen LogP) is 2.53. The van der Waals surface area contributed by atoms with E-state index in [-0.39, 0.29) is 5.91 Å². The normalized spacial score (nSPS) is 19.0. The Hall–Kier alpha value is -1.74. The van der Waals surface area contributed by atoms with Crippen LogP contribution in [0.15, 0.2) is 0 Å². The van der Waals surface area contributed by atoms with Gasteiger partial charge in [0.05, 0.1) is 5.69 Å². The van der Waals surface area contributed by atoms with E-state index in [4.69, 9.17) is 5.73 Å². The van der Waals surface area contributed by atoms with Gasteiger partial charge in [-0.1, -0.05) is 6.92 Å². The number of nitriles is 1. The van der Waals surface area contributed by atoms with Crippen molar-refractivity contribution in [3.05, 3.63) is 10.4 Å². The molecule has 0 radical (unpaired) electrons. The Morgan fingerprint density at radius 1 is 1.43 bits per heavy atom. The van der Waals surface area contributed by atoms with Crippen molar-refractivity contribution in [3.63, 3.8) is 0 Å². The number of carbonyl (C=O) groups is 1. The molecule has 0 aliphatic carbocycles. The highest BCUT2D eigenvalue weighted by Crippen LogP contribution is 2.39. The number of nitrogens with two attached hydrogens (primary N) is 1. The van der Waals surface area contributed by atoms with Gasteiger partial charge in [0.25, 0.3) is 5.91 Å². The zero-order valence-electron chi connectivity index (χ0n) is 12.8. The molecule has 21 heavy (non-hydrogen) atoms. The molecule has 2 heterocycles. The molecule has 0 aromatic carbocycles. The molecule has 2 N–H and O–H groups in total. The van der Waals surface area contributed by atoms with Crippen molar-refractivity contribution in [2.24, 2.45) is 5.92 Å². The van der Waals surface area contributed by atoms with Crippen LogP contribution in [-0.2, 0) is 0 Å². The van der Waals surface area contributed by atoms with Gasteiger partial charge in [-0.2, -0.15) is 5.26 Å². The van der Waals surface area contributed by atoms with Crippen molar-refractivity contribution < 1.29 is 4.79 Å². The summed E-state index contributed by atoms with van der Waals surface area (Å²) in [5.41, 5.74) is 6.83. The van der Waals surface area contributed by atoms with Gasteiger partial charge in [0.2, 0.25) is 0 Å². The number of rotatable bonds is 2. The Labute approximate surface area is 129 Å². The molecule has 1 amide bonds. The minimum Gasteiger partial charge on any atom is -0.396 e. The minimum absolute atomic E-state index is 0.136. The highest BCUT2D eigenvalue weighted by Gasteiger charge is 2.26. The summed E-state index contributed by atoms with van der Waals surface area (Å²) >= 11 is 1.35. The fourth-order valence-corrected chi connectivity index (χ4v) is 3.83. The van der Waals surface area contributed by atoms with Crippen molar-refractivity contribution >= 4 is 27.9 Å². The molecule has 0 bridgehead atoms. The van der Waals surface area contributed by atoms with Crippen LogP contribution in [0.4, 0.5) is 10.7 Å². The van der Waals surface area contributed by atoms with Crippen LogP contribution in [0.3, 0.4) is 0 Å². The van der Waals surface area contributed by atoms with Crippen molar-refractivity contribution in [1.82, 2.24) is 4.90 Å². The summed E-state index contributed by atoms with van der Waals surface area (Å²) in [4.78, 5) is 16.4. The van der Waals surface area contributed by atoms with Crippen molar-refractivity contribution in [1.29, 1.82) is 5.26 Å². The van der Waals surface area contributed by atoms with Crippen LogP contribution >= 0.6 is 11.3 Å². The number of anilines is 2. The molecule has 114 valence electrons. The molecule has 1 fully saturated rings. The van der Waals surface area contributed by atoms with Crippen molar-refractivity contribution in [2.45, 2.75) is 26.2 Å². The summed E-state index contributed by atoms with van der Waals surface area (Å²) in [6.07, 6.45) is 3.43. The highest BCUT2D eigenvalue weighted by molar-refractivity contribution is 7.19. The average Bonchev–Trinajstić information content (AvgIpc) is 2.62. The van der Waals surface area contributed by atoms with Crippen LogP contribution < -0.4 is 10.6 Å². The number of hydrogen-bond donors (Lipinski definition) is 1. The Morgan fingerprint density at radius 3 is 2.76 bits per heavy atom. The van der Waals surface area contributed by atoms with E-state index in [1.54, 1.807) is 14.1 Å². The van der Waals surface area contributed by atoms with Gasteiger partial charge in [-0.3, -0.25) is 4.79 Å². The maximum atomic E-state index is 12.2. The van der Waals surface area contributed by atoms with E-state index in [0.29, 0.717) is 22.0 Å². The summed E-state index contributed by atoms with van der Waals surface area (Å²) in [6, 6.07) is 2.18. The first-order valence-electron chi connectivity index (χ1n) is 7.24. The van der Waals surface area contributed by atoms with Gasteiger partial charge in [-0.25, -0.2) is 0 Å². The lowest BCUT2D eigenvalue weighted by molar-refractivity contribution is 0.0833. The van der Waals surface area contributed by atoms with E-state index in [0.717, 1.165) is 30.9 Å². The molecule has 1 aliphatic rings. The zero-order valence-corrected chi connectivity index (χ0v) is 13.7. The molecule has 1 aliphatic heterocycles. The van der Waals surface area contributed by atoms with Crippen LogP contribution in [0.2, 0.25) is 0 Å². The fraction of sp³-hybridized carbons (Fsp3) is 0.600. The fourth-order valence-electron chi connectivity index (χ4n) is 2.59. The summed E-state index contributed by atoms with van der Waals surface area (Å²) in [5, 5.41) is 10.3. The van der Waals surface area contributed by atoms with Crippen molar-refractivity contribution in [3.8, 4) is 6.07 Å². The van der Waals surface area contributed by atoms with E-state index in [1.807, 2.05) is 0 Å². The second kappa shape index (κ2) is 6.35. The number of thiophene rings is 1. The monoisotopic (exact) mass is 306 g/mol. The Balaban J connectivity index is 2.37. The summed E-state index contributed by atoms with van der Waals surface area (Å²) < 4.78 is 0. The second-order valence-electron chi connectivity index (χ2n) is 5.86. The molecule has 1 atom stereocenters. The quantitative estimate of drug-likeness (QED) is 0.911. The third kappa shape index (κ3) is 3.13. The van der Waals surface area contributed by atoms with Gasteiger partial charge in [-0.15, -0.1) is 11.3 Å². The molecule has 1 aromatic heterocycles. The molecule has 6 heteroatoms. The highest BCUT2D eigenvalue weighted by atomic mass is 32.1. The molecule has 1 unspecified atom stereocenters. The first kappa shape index (κ1) is 15.6. The van der Waals surface area contributed by atoms with Crippen LogP contribution in [0.1, 0.15) is 41.4 Å². The topological polar surface area (TPSA) is 73.4 Å².